The van der Waals surface area contributed by atoms with Gasteiger partial charge < -0.3 is 10.3 Å². The van der Waals surface area contributed by atoms with Gasteiger partial charge in [0.25, 0.3) is 5.56 Å². The van der Waals surface area contributed by atoms with E-state index in [0.29, 0.717) is 27.6 Å². The Labute approximate surface area is 177 Å². The number of thiazole rings is 1. The van der Waals surface area contributed by atoms with Gasteiger partial charge in [0.05, 0.1) is 23.6 Å². The van der Waals surface area contributed by atoms with E-state index in [1.807, 2.05) is 0 Å². The minimum Gasteiger partial charge on any atom is -0.360 e. The number of hydrogen-bond acceptors (Lipinski definition) is 7. The number of fused-ring (bicyclic) bond motifs is 2. The third kappa shape index (κ3) is 3.05. The zero-order valence-electron chi connectivity index (χ0n) is 16.3. The molecule has 0 aliphatic rings. The number of aryl methyl sites for hydroxylation is 1. The maximum atomic E-state index is 14.7. The molecule has 1 aromatic carbocycles. The Morgan fingerprint density at radius 1 is 1.23 bits per heavy atom. The lowest BCUT2D eigenvalue weighted by molar-refractivity contribution is 0.511. The summed E-state index contributed by atoms with van der Waals surface area (Å²) in [7, 11) is 0. The number of rotatable bonds is 4. The number of hydrogen-bond donors (Lipinski definition) is 2. The van der Waals surface area contributed by atoms with E-state index < -0.39 is 23.2 Å². The molecule has 1 atom stereocenters. The van der Waals surface area contributed by atoms with Gasteiger partial charge in [0.1, 0.15) is 11.8 Å². The molecular formula is C20H15F2N7OS. The van der Waals surface area contributed by atoms with Crippen molar-refractivity contribution in [3.8, 4) is 11.1 Å². The van der Waals surface area contributed by atoms with Crippen molar-refractivity contribution < 1.29 is 8.78 Å². The van der Waals surface area contributed by atoms with Crippen LogP contribution in [0.25, 0.3) is 27.3 Å². The molecule has 1 unspecified atom stereocenters. The fourth-order valence-corrected chi connectivity index (χ4v) is 4.37. The zero-order chi connectivity index (χ0) is 21.7. The topological polar surface area (TPSA) is 101 Å². The average molecular weight is 439 g/mol. The Morgan fingerprint density at radius 2 is 2.06 bits per heavy atom. The summed E-state index contributed by atoms with van der Waals surface area (Å²) in [6, 6.07) is 3.18. The first kappa shape index (κ1) is 19.2. The summed E-state index contributed by atoms with van der Waals surface area (Å²) >= 11 is 1.30. The summed E-state index contributed by atoms with van der Waals surface area (Å²) in [6.07, 6.45) is 2.85. The standard InChI is InChI=1S/C20H15F2N7OS/c1-9-6-31-20-28-15(10(2)27-18-16-17(24-7-23-16)25-8-26-18)13(19(30)29(9)20)11-4-3-5-12(21)14(11)22/h3-8,10H,1-2H3,(H2,23,24,25,26,27). The van der Waals surface area contributed by atoms with E-state index in [1.54, 1.807) is 19.2 Å². The van der Waals surface area contributed by atoms with Crippen molar-refractivity contribution in [1.29, 1.82) is 0 Å². The maximum Gasteiger partial charge on any atom is 0.267 e. The van der Waals surface area contributed by atoms with Crippen molar-refractivity contribution in [3.63, 3.8) is 0 Å². The Balaban J connectivity index is 1.73. The number of H-pyrrole nitrogens is 1. The van der Waals surface area contributed by atoms with Crippen LogP contribution in [0.4, 0.5) is 14.6 Å². The van der Waals surface area contributed by atoms with Crippen LogP contribution in [-0.4, -0.2) is 29.3 Å². The molecule has 0 saturated heterocycles. The van der Waals surface area contributed by atoms with E-state index in [1.165, 1.54) is 40.5 Å². The van der Waals surface area contributed by atoms with E-state index in [2.05, 4.69) is 30.2 Å². The molecule has 0 amide bonds. The van der Waals surface area contributed by atoms with Crippen molar-refractivity contribution in [1.82, 2.24) is 29.3 Å². The summed E-state index contributed by atoms with van der Waals surface area (Å²) in [5.41, 5.74) is 1.38. The molecule has 0 saturated carbocycles. The van der Waals surface area contributed by atoms with Gasteiger partial charge in [0, 0.05) is 16.6 Å². The van der Waals surface area contributed by atoms with Crippen LogP contribution in [0, 0.1) is 18.6 Å². The fraction of sp³-hybridized carbons (Fsp3) is 0.150. The van der Waals surface area contributed by atoms with Crippen molar-refractivity contribution in [3.05, 3.63) is 69.6 Å². The van der Waals surface area contributed by atoms with Crippen molar-refractivity contribution in [2.24, 2.45) is 0 Å². The van der Waals surface area contributed by atoms with Crippen molar-refractivity contribution in [2.75, 3.05) is 5.32 Å². The summed E-state index contributed by atoms with van der Waals surface area (Å²) in [5, 5.41) is 4.97. The highest BCUT2D eigenvalue weighted by Gasteiger charge is 2.25. The Bertz CT molecular complexity index is 1510. The van der Waals surface area contributed by atoms with E-state index in [4.69, 9.17) is 0 Å². The highest BCUT2D eigenvalue weighted by Crippen LogP contribution is 2.31. The number of aromatic nitrogens is 6. The molecule has 4 heterocycles. The van der Waals surface area contributed by atoms with Gasteiger partial charge in [-0.15, -0.1) is 11.3 Å². The molecule has 0 spiro atoms. The lowest BCUT2D eigenvalue weighted by atomic mass is 10.0. The van der Waals surface area contributed by atoms with E-state index >= 15 is 0 Å². The molecule has 0 radical (unpaired) electrons. The summed E-state index contributed by atoms with van der Waals surface area (Å²) in [6.45, 7) is 3.53. The van der Waals surface area contributed by atoms with Crippen LogP contribution in [0.1, 0.15) is 24.4 Å². The third-order valence-electron chi connectivity index (χ3n) is 4.98. The number of benzene rings is 1. The Hall–Kier alpha value is -3.73. The number of anilines is 1. The number of halogens is 2. The summed E-state index contributed by atoms with van der Waals surface area (Å²) in [4.78, 5) is 33.8. The SMILES string of the molecule is Cc1csc2nc(C(C)Nc3ncnc4nc[nH]c34)c(-c3cccc(F)c3F)c(=O)n12. The van der Waals surface area contributed by atoms with E-state index in [9.17, 15) is 13.6 Å². The maximum absolute atomic E-state index is 14.7. The van der Waals surface area contributed by atoms with E-state index in [0.717, 1.165) is 6.07 Å². The van der Waals surface area contributed by atoms with Gasteiger partial charge in [-0.05, 0) is 19.9 Å². The second kappa shape index (κ2) is 7.20. The second-order valence-electron chi connectivity index (χ2n) is 6.96. The van der Waals surface area contributed by atoms with Gasteiger partial charge in [-0.3, -0.25) is 9.20 Å². The first-order chi connectivity index (χ1) is 15.0. The van der Waals surface area contributed by atoms with Gasteiger partial charge in [-0.1, -0.05) is 12.1 Å². The first-order valence-corrected chi connectivity index (χ1v) is 10.2. The quantitative estimate of drug-likeness (QED) is 0.441. The fourth-order valence-electron chi connectivity index (χ4n) is 3.51. The summed E-state index contributed by atoms with van der Waals surface area (Å²) in [5.74, 6) is -1.68. The normalized spacial score (nSPS) is 12.5. The zero-order valence-corrected chi connectivity index (χ0v) is 17.2. The number of imidazole rings is 1. The number of nitrogens with zero attached hydrogens (tertiary/aromatic N) is 5. The van der Waals surface area contributed by atoms with Crippen LogP contribution in [0.2, 0.25) is 0 Å². The largest absolute Gasteiger partial charge is 0.360 e. The minimum absolute atomic E-state index is 0.00842. The van der Waals surface area contributed by atoms with Crippen LogP contribution >= 0.6 is 11.3 Å². The molecule has 8 nitrogen and oxygen atoms in total. The molecule has 0 aliphatic carbocycles. The molecule has 4 aromatic heterocycles. The molecule has 11 heteroatoms. The van der Waals surface area contributed by atoms with Gasteiger partial charge in [0.15, 0.2) is 28.1 Å². The molecule has 0 aliphatic heterocycles. The van der Waals surface area contributed by atoms with Crippen LogP contribution in [0.3, 0.4) is 0 Å². The van der Waals surface area contributed by atoms with Crippen molar-refractivity contribution in [2.45, 2.75) is 19.9 Å². The Morgan fingerprint density at radius 3 is 2.90 bits per heavy atom. The summed E-state index contributed by atoms with van der Waals surface area (Å²) < 4.78 is 30.1. The van der Waals surface area contributed by atoms with Crippen LogP contribution in [-0.2, 0) is 0 Å². The monoisotopic (exact) mass is 439 g/mol. The highest BCUT2D eigenvalue weighted by molar-refractivity contribution is 7.15. The molecule has 31 heavy (non-hydrogen) atoms. The molecule has 0 bridgehead atoms. The van der Waals surface area contributed by atoms with Gasteiger partial charge >= 0.3 is 0 Å². The molecule has 5 rings (SSSR count). The second-order valence-corrected chi connectivity index (χ2v) is 7.80. The highest BCUT2D eigenvalue weighted by atomic mass is 32.1. The lowest BCUT2D eigenvalue weighted by Crippen LogP contribution is -2.23. The lowest BCUT2D eigenvalue weighted by Gasteiger charge is -2.18. The number of aromatic amines is 1. The van der Waals surface area contributed by atoms with Crippen LogP contribution in [0.5, 0.6) is 0 Å². The molecule has 2 N–H and O–H groups in total. The van der Waals surface area contributed by atoms with Gasteiger partial charge in [-0.2, -0.15) is 0 Å². The predicted octanol–water partition coefficient (Wildman–Crippen LogP) is 3.85. The molecule has 0 fully saturated rings. The smallest absolute Gasteiger partial charge is 0.267 e. The van der Waals surface area contributed by atoms with E-state index in [-0.39, 0.29) is 16.8 Å². The molecular weight excluding hydrogens is 424 g/mol. The Kier molecular flexibility index (Phi) is 4.47. The van der Waals surface area contributed by atoms with Gasteiger partial charge in [0.2, 0.25) is 0 Å². The molecule has 156 valence electrons. The minimum atomic E-state index is -1.10. The third-order valence-corrected chi connectivity index (χ3v) is 5.92. The average Bonchev–Trinajstić information content (AvgIpc) is 3.38. The van der Waals surface area contributed by atoms with Crippen LogP contribution in [0.15, 0.2) is 41.0 Å². The first-order valence-electron chi connectivity index (χ1n) is 9.31. The van der Waals surface area contributed by atoms with Gasteiger partial charge in [-0.25, -0.2) is 28.7 Å². The van der Waals surface area contributed by atoms with Crippen molar-refractivity contribution >= 4 is 33.3 Å². The van der Waals surface area contributed by atoms with Crippen LogP contribution < -0.4 is 10.9 Å². The molecule has 5 aromatic rings. The number of nitrogens with one attached hydrogen (secondary N) is 2. The predicted molar refractivity (Wildman–Crippen MR) is 113 cm³/mol.